The number of carbonyl (C=O) groups excluding carboxylic acids is 2. The molecule has 136 valence electrons. The number of hydrogen-bond donors (Lipinski definition) is 2. The molecular weight excluding hydrogens is 314 g/mol. The van der Waals surface area contributed by atoms with E-state index >= 15 is 0 Å². The predicted molar refractivity (Wildman–Crippen MR) is 98.5 cm³/mol. The number of likely N-dealkylation sites (tertiary alicyclic amines) is 1. The SMILES string of the molecule is CNC(=O)CN1CCC(NC(=O)Cc2ccc3c(c2)CCCC3)CC1. The minimum absolute atomic E-state index is 0.0508. The number of hydrogen-bond acceptors (Lipinski definition) is 3. The molecule has 0 saturated carbocycles. The first-order chi connectivity index (χ1) is 12.1. The maximum absolute atomic E-state index is 12.4. The molecule has 5 nitrogen and oxygen atoms in total. The number of piperidine rings is 1. The van der Waals surface area contributed by atoms with Crippen molar-refractivity contribution in [2.45, 2.75) is 51.0 Å². The highest BCUT2D eigenvalue weighted by atomic mass is 16.2. The van der Waals surface area contributed by atoms with E-state index in [2.05, 4.69) is 33.7 Å². The third kappa shape index (κ3) is 5.05. The quantitative estimate of drug-likeness (QED) is 0.850. The number of amides is 2. The number of benzene rings is 1. The molecule has 0 aromatic heterocycles. The van der Waals surface area contributed by atoms with E-state index in [1.54, 1.807) is 7.05 Å². The molecule has 25 heavy (non-hydrogen) atoms. The molecule has 0 spiro atoms. The van der Waals surface area contributed by atoms with Crippen molar-refractivity contribution < 1.29 is 9.59 Å². The lowest BCUT2D eigenvalue weighted by molar-refractivity contribution is -0.123. The Kier molecular flexibility index (Phi) is 6.08. The van der Waals surface area contributed by atoms with Crippen LogP contribution in [0, 0.1) is 0 Å². The summed E-state index contributed by atoms with van der Waals surface area (Å²) in [5, 5.41) is 5.82. The van der Waals surface area contributed by atoms with Gasteiger partial charge in [-0.15, -0.1) is 0 Å². The van der Waals surface area contributed by atoms with E-state index in [4.69, 9.17) is 0 Å². The normalized spacial score (nSPS) is 18.4. The summed E-state index contributed by atoms with van der Waals surface area (Å²) in [6, 6.07) is 6.76. The largest absolute Gasteiger partial charge is 0.358 e. The summed E-state index contributed by atoms with van der Waals surface area (Å²) < 4.78 is 0. The molecule has 2 N–H and O–H groups in total. The minimum atomic E-state index is 0.0508. The zero-order valence-electron chi connectivity index (χ0n) is 15.1. The van der Waals surface area contributed by atoms with Gasteiger partial charge in [0, 0.05) is 26.2 Å². The zero-order chi connectivity index (χ0) is 17.6. The van der Waals surface area contributed by atoms with Crippen molar-refractivity contribution in [3.63, 3.8) is 0 Å². The number of nitrogens with one attached hydrogen (secondary N) is 2. The third-order valence-electron chi connectivity index (χ3n) is 5.38. The van der Waals surface area contributed by atoms with E-state index in [1.807, 2.05) is 0 Å². The lowest BCUT2D eigenvalue weighted by Gasteiger charge is -2.31. The van der Waals surface area contributed by atoms with Gasteiger partial charge in [0.15, 0.2) is 0 Å². The fraction of sp³-hybridized carbons (Fsp3) is 0.600. The van der Waals surface area contributed by atoms with Gasteiger partial charge in [-0.05, 0) is 55.2 Å². The lowest BCUT2D eigenvalue weighted by atomic mass is 9.90. The Hall–Kier alpha value is -1.88. The first-order valence-corrected chi connectivity index (χ1v) is 9.47. The fourth-order valence-electron chi connectivity index (χ4n) is 3.88. The van der Waals surface area contributed by atoms with Gasteiger partial charge in [0.05, 0.1) is 13.0 Å². The van der Waals surface area contributed by atoms with Gasteiger partial charge in [-0.2, -0.15) is 0 Å². The maximum atomic E-state index is 12.4. The molecule has 1 aliphatic carbocycles. The van der Waals surface area contributed by atoms with Crippen LogP contribution in [0.15, 0.2) is 18.2 Å². The minimum Gasteiger partial charge on any atom is -0.358 e. The third-order valence-corrected chi connectivity index (χ3v) is 5.38. The molecule has 1 heterocycles. The van der Waals surface area contributed by atoms with E-state index in [-0.39, 0.29) is 17.9 Å². The van der Waals surface area contributed by atoms with Gasteiger partial charge in [0.2, 0.25) is 11.8 Å². The monoisotopic (exact) mass is 343 g/mol. The van der Waals surface area contributed by atoms with Crippen molar-refractivity contribution >= 4 is 11.8 Å². The van der Waals surface area contributed by atoms with E-state index in [9.17, 15) is 9.59 Å². The Bertz CT molecular complexity index is 621. The Balaban J connectivity index is 1.45. The van der Waals surface area contributed by atoms with Crippen molar-refractivity contribution in [3.05, 3.63) is 34.9 Å². The topological polar surface area (TPSA) is 61.4 Å². The van der Waals surface area contributed by atoms with Gasteiger partial charge in [-0.1, -0.05) is 18.2 Å². The van der Waals surface area contributed by atoms with Gasteiger partial charge in [-0.3, -0.25) is 14.5 Å². The van der Waals surface area contributed by atoms with Crippen LogP contribution < -0.4 is 10.6 Å². The van der Waals surface area contributed by atoms with E-state index in [0.717, 1.165) is 37.9 Å². The first-order valence-electron chi connectivity index (χ1n) is 9.47. The Labute approximate surface area is 150 Å². The summed E-state index contributed by atoms with van der Waals surface area (Å²) in [6.45, 7) is 2.17. The van der Waals surface area contributed by atoms with Crippen molar-refractivity contribution in [1.29, 1.82) is 0 Å². The number of nitrogens with zero attached hydrogens (tertiary/aromatic N) is 1. The average Bonchev–Trinajstić information content (AvgIpc) is 2.63. The first kappa shape index (κ1) is 17.9. The Morgan fingerprint density at radius 3 is 2.52 bits per heavy atom. The number of aryl methyl sites for hydroxylation is 2. The van der Waals surface area contributed by atoms with Crippen LogP contribution >= 0.6 is 0 Å². The number of carbonyl (C=O) groups is 2. The summed E-state index contributed by atoms with van der Waals surface area (Å²) >= 11 is 0. The summed E-state index contributed by atoms with van der Waals surface area (Å²) in [7, 11) is 1.66. The molecule has 1 aliphatic heterocycles. The van der Waals surface area contributed by atoms with E-state index in [0.29, 0.717) is 13.0 Å². The summed E-state index contributed by atoms with van der Waals surface area (Å²) in [5.74, 6) is 0.162. The molecule has 0 radical (unpaired) electrons. The fourth-order valence-corrected chi connectivity index (χ4v) is 3.88. The van der Waals surface area contributed by atoms with Crippen molar-refractivity contribution in [2.24, 2.45) is 0 Å². The summed E-state index contributed by atoms with van der Waals surface area (Å²) in [5.41, 5.74) is 4.01. The zero-order valence-corrected chi connectivity index (χ0v) is 15.1. The molecule has 1 aromatic rings. The lowest BCUT2D eigenvalue weighted by Crippen LogP contribution is -2.47. The van der Waals surface area contributed by atoms with Gasteiger partial charge < -0.3 is 10.6 Å². The molecule has 3 rings (SSSR count). The van der Waals surface area contributed by atoms with Crippen molar-refractivity contribution in [1.82, 2.24) is 15.5 Å². The van der Waals surface area contributed by atoms with E-state index < -0.39 is 0 Å². The van der Waals surface area contributed by atoms with Gasteiger partial charge in [0.1, 0.15) is 0 Å². The second-order valence-corrected chi connectivity index (χ2v) is 7.28. The molecule has 2 aliphatic rings. The van der Waals surface area contributed by atoms with Gasteiger partial charge in [-0.25, -0.2) is 0 Å². The van der Waals surface area contributed by atoms with Crippen LogP contribution in [-0.4, -0.2) is 49.4 Å². The molecule has 5 heteroatoms. The van der Waals surface area contributed by atoms with E-state index in [1.165, 1.54) is 30.4 Å². The second kappa shape index (κ2) is 8.48. The van der Waals surface area contributed by atoms with Gasteiger partial charge >= 0.3 is 0 Å². The molecule has 0 unspecified atom stereocenters. The standard InChI is InChI=1S/C20H29N3O2/c1-21-20(25)14-23-10-8-18(9-11-23)22-19(24)13-15-6-7-16-4-2-3-5-17(16)12-15/h6-7,12,18H,2-5,8-11,13-14H2,1H3,(H,21,25)(H,22,24). The number of rotatable bonds is 5. The highest BCUT2D eigenvalue weighted by molar-refractivity contribution is 5.79. The highest BCUT2D eigenvalue weighted by Gasteiger charge is 2.22. The molecule has 0 bridgehead atoms. The molecular formula is C20H29N3O2. The summed E-state index contributed by atoms with van der Waals surface area (Å²) in [4.78, 5) is 25.9. The second-order valence-electron chi connectivity index (χ2n) is 7.28. The maximum Gasteiger partial charge on any atom is 0.233 e. The highest BCUT2D eigenvalue weighted by Crippen LogP contribution is 2.22. The molecule has 0 atom stereocenters. The Morgan fingerprint density at radius 2 is 1.80 bits per heavy atom. The Morgan fingerprint density at radius 1 is 1.08 bits per heavy atom. The van der Waals surface area contributed by atoms with Crippen LogP contribution in [0.1, 0.15) is 42.4 Å². The van der Waals surface area contributed by atoms with Crippen molar-refractivity contribution in [2.75, 3.05) is 26.7 Å². The van der Waals surface area contributed by atoms with Crippen LogP contribution in [0.25, 0.3) is 0 Å². The van der Waals surface area contributed by atoms with Crippen molar-refractivity contribution in [3.8, 4) is 0 Å². The average molecular weight is 343 g/mol. The molecule has 1 fully saturated rings. The molecule has 1 saturated heterocycles. The number of fused-ring (bicyclic) bond motifs is 1. The van der Waals surface area contributed by atoms with Crippen LogP contribution in [0.4, 0.5) is 0 Å². The molecule has 2 amide bonds. The van der Waals surface area contributed by atoms with Crippen LogP contribution in [0.3, 0.4) is 0 Å². The summed E-state index contributed by atoms with van der Waals surface area (Å²) in [6.07, 6.45) is 7.15. The van der Waals surface area contributed by atoms with Gasteiger partial charge in [0.25, 0.3) is 0 Å². The smallest absolute Gasteiger partial charge is 0.233 e. The van der Waals surface area contributed by atoms with Crippen LogP contribution in [0.2, 0.25) is 0 Å². The number of likely N-dealkylation sites (N-methyl/N-ethyl adjacent to an activating group) is 1. The predicted octanol–water partition coefficient (Wildman–Crippen LogP) is 1.43. The molecule has 1 aromatic carbocycles. The van der Waals surface area contributed by atoms with Crippen LogP contribution in [0.5, 0.6) is 0 Å². The van der Waals surface area contributed by atoms with Crippen LogP contribution in [-0.2, 0) is 28.9 Å².